The molecule has 0 fully saturated rings. The van der Waals surface area contributed by atoms with Gasteiger partial charge in [0.1, 0.15) is 23.7 Å². The minimum Gasteiger partial charge on any atom is -0.507 e. The third-order valence-corrected chi connectivity index (χ3v) is 8.18. The van der Waals surface area contributed by atoms with Gasteiger partial charge in [-0.15, -0.1) is 0 Å². The van der Waals surface area contributed by atoms with E-state index in [1.807, 2.05) is 0 Å². The van der Waals surface area contributed by atoms with Crippen LogP contribution >= 0.6 is 23.2 Å². The van der Waals surface area contributed by atoms with Crippen LogP contribution in [-0.4, -0.2) is 97.8 Å². The number of aliphatic carboxylic acids is 3. The Balaban J connectivity index is 1.57. The molecule has 2 aliphatic carbocycles. The number of nitrogens with zero attached hydrogens (tertiary/aromatic N) is 1. The molecule has 3 unspecified atom stereocenters. The van der Waals surface area contributed by atoms with Gasteiger partial charge in [-0.3, -0.25) is 28.9 Å². The van der Waals surface area contributed by atoms with Crippen LogP contribution in [-0.2, 0) is 23.9 Å². The molecule has 1 aliphatic heterocycles. The van der Waals surface area contributed by atoms with Crippen LogP contribution < -0.4 is 5.32 Å². The highest BCUT2D eigenvalue weighted by Crippen LogP contribution is 2.47. The SMILES string of the molecule is O=C(O)CN(CC(=O)O)C(CCCCNC(=O)c1ccc(C(=O)O)c(C2=C3C=C(Cl)C(=O)C=C3OC3C=C(O)C(Cl)=CC23)c1)C(=O)O. The number of amides is 1. The first kappa shape index (κ1) is 34.9. The number of carbonyl (C=O) groups excluding carboxylic acids is 2. The number of aliphatic hydroxyl groups excluding tert-OH is 1. The van der Waals surface area contributed by atoms with Crippen LogP contribution in [0.5, 0.6) is 0 Å². The molecule has 0 saturated heterocycles. The molecule has 16 heteroatoms. The molecule has 3 aliphatic rings. The second-order valence-electron chi connectivity index (χ2n) is 10.7. The predicted octanol–water partition coefficient (Wildman–Crippen LogP) is 3.15. The van der Waals surface area contributed by atoms with Gasteiger partial charge in [-0.05, 0) is 54.7 Å². The number of ether oxygens (including phenoxy) is 1. The minimum atomic E-state index is -1.38. The number of carboxylic acid groups (broad SMARTS) is 4. The maximum Gasteiger partial charge on any atom is 0.336 e. The smallest absolute Gasteiger partial charge is 0.336 e. The van der Waals surface area contributed by atoms with Crippen molar-refractivity contribution in [1.29, 1.82) is 0 Å². The summed E-state index contributed by atoms with van der Waals surface area (Å²) in [7, 11) is 0. The molecule has 1 aromatic rings. The average Bonchev–Trinajstić information content (AvgIpc) is 2.98. The van der Waals surface area contributed by atoms with Crippen molar-refractivity contribution >= 4 is 64.3 Å². The third-order valence-electron chi connectivity index (χ3n) is 7.56. The van der Waals surface area contributed by atoms with Gasteiger partial charge in [0.05, 0.1) is 28.7 Å². The summed E-state index contributed by atoms with van der Waals surface area (Å²) in [6.07, 6.45) is 4.76. The first-order valence-corrected chi connectivity index (χ1v) is 14.8. The van der Waals surface area contributed by atoms with E-state index in [1.54, 1.807) is 0 Å². The third kappa shape index (κ3) is 8.09. The van der Waals surface area contributed by atoms with E-state index in [0.717, 1.165) is 11.0 Å². The number of ketones is 1. The number of halogens is 2. The molecule has 14 nitrogen and oxygen atoms in total. The minimum absolute atomic E-state index is 0.0210. The van der Waals surface area contributed by atoms with E-state index in [4.69, 9.17) is 38.2 Å². The van der Waals surface area contributed by atoms with Gasteiger partial charge in [-0.1, -0.05) is 29.3 Å². The fourth-order valence-corrected chi connectivity index (χ4v) is 5.84. The Kier molecular flexibility index (Phi) is 10.9. The van der Waals surface area contributed by atoms with Crippen molar-refractivity contribution in [2.45, 2.75) is 31.4 Å². The van der Waals surface area contributed by atoms with Crippen molar-refractivity contribution in [2.75, 3.05) is 19.6 Å². The molecule has 6 N–H and O–H groups in total. The van der Waals surface area contributed by atoms with Crippen LogP contribution in [0.3, 0.4) is 0 Å². The lowest BCUT2D eigenvalue weighted by Gasteiger charge is -2.37. The summed E-state index contributed by atoms with van der Waals surface area (Å²) in [5, 5.41) is 50.4. The number of aromatic carboxylic acids is 1. The number of aliphatic hydroxyl groups is 1. The maximum atomic E-state index is 13.2. The highest BCUT2D eigenvalue weighted by molar-refractivity contribution is 6.45. The predicted molar refractivity (Wildman–Crippen MR) is 165 cm³/mol. The first-order chi connectivity index (χ1) is 22.2. The van der Waals surface area contributed by atoms with Crippen molar-refractivity contribution in [1.82, 2.24) is 10.2 Å². The number of hydrogen-bond acceptors (Lipinski definition) is 9. The van der Waals surface area contributed by atoms with Crippen molar-refractivity contribution in [3.8, 4) is 0 Å². The van der Waals surface area contributed by atoms with E-state index in [0.29, 0.717) is 11.1 Å². The van der Waals surface area contributed by atoms with Crippen LogP contribution in [0.4, 0.5) is 0 Å². The van der Waals surface area contributed by atoms with Gasteiger partial charge >= 0.3 is 23.9 Å². The number of carbonyl (C=O) groups is 6. The van der Waals surface area contributed by atoms with Crippen LogP contribution in [0.15, 0.2) is 69.7 Å². The average molecular weight is 691 g/mol. The molecule has 0 aromatic heterocycles. The van der Waals surface area contributed by atoms with Gasteiger partial charge < -0.3 is 35.6 Å². The largest absolute Gasteiger partial charge is 0.507 e. The molecule has 1 aromatic carbocycles. The zero-order valence-corrected chi connectivity index (χ0v) is 25.8. The number of unbranched alkanes of at least 4 members (excludes halogenated alkanes) is 1. The Bertz CT molecular complexity index is 1690. The Hall–Kier alpha value is -4.92. The monoisotopic (exact) mass is 690 g/mol. The van der Waals surface area contributed by atoms with Gasteiger partial charge in [0.25, 0.3) is 5.91 Å². The fourth-order valence-electron chi connectivity index (χ4n) is 5.47. The maximum absolute atomic E-state index is 13.2. The highest BCUT2D eigenvalue weighted by atomic mass is 35.5. The molecule has 1 heterocycles. The Morgan fingerprint density at radius 1 is 0.936 bits per heavy atom. The summed E-state index contributed by atoms with van der Waals surface area (Å²) in [5.74, 6) is -7.54. The number of hydrogen-bond donors (Lipinski definition) is 6. The van der Waals surface area contributed by atoms with E-state index in [1.165, 1.54) is 36.4 Å². The number of nitrogens with one attached hydrogen (secondary N) is 1. The summed E-state index contributed by atoms with van der Waals surface area (Å²) >= 11 is 12.4. The Labute approximate surface area is 276 Å². The summed E-state index contributed by atoms with van der Waals surface area (Å²) in [4.78, 5) is 72.6. The lowest BCUT2D eigenvalue weighted by atomic mass is 9.77. The quantitative estimate of drug-likeness (QED) is 0.154. The molecule has 0 radical (unpaired) electrons. The van der Waals surface area contributed by atoms with Crippen LogP contribution in [0.2, 0.25) is 0 Å². The van der Waals surface area contributed by atoms with Gasteiger partial charge in [0.15, 0.2) is 0 Å². The van der Waals surface area contributed by atoms with Crippen LogP contribution in [0.25, 0.3) is 5.57 Å². The van der Waals surface area contributed by atoms with Crippen molar-refractivity contribution in [2.24, 2.45) is 5.92 Å². The zero-order chi connectivity index (χ0) is 34.6. The number of carboxylic acids is 4. The molecule has 0 spiro atoms. The Morgan fingerprint density at radius 3 is 2.23 bits per heavy atom. The zero-order valence-electron chi connectivity index (χ0n) is 24.3. The number of allylic oxidation sites excluding steroid dienone is 4. The number of benzene rings is 1. The van der Waals surface area contributed by atoms with Gasteiger partial charge in [0, 0.05) is 35.8 Å². The number of fused-ring (bicyclic) bond motifs is 2. The highest BCUT2D eigenvalue weighted by Gasteiger charge is 2.40. The summed E-state index contributed by atoms with van der Waals surface area (Å²) < 4.78 is 5.94. The van der Waals surface area contributed by atoms with Gasteiger partial charge in [-0.25, -0.2) is 4.79 Å². The Morgan fingerprint density at radius 2 is 1.62 bits per heavy atom. The molecule has 0 saturated carbocycles. The van der Waals surface area contributed by atoms with E-state index < -0.39 is 66.7 Å². The van der Waals surface area contributed by atoms with Crippen molar-refractivity contribution in [3.63, 3.8) is 0 Å². The first-order valence-electron chi connectivity index (χ1n) is 14.1. The lowest BCUT2D eigenvalue weighted by Crippen LogP contribution is -2.46. The van der Waals surface area contributed by atoms with E-state index >= 15 is 0 Å². The molecule has 4 rings (SSSR count). The van der Waals surface area contributed by atoms with Gasteiger partial charge in [0.2, 0.25) is 5.78 Å². The standard InChI is InChI=1S/C31H28Cl2N2O12/c32-19-8-17-24(10-22(19)36)47-25-11-23(37)20(33)9-18(25)28(17)16-7-14(4-5-15(16)30(43)44)29(42)34-6-2-1-3-21(31(45)46)35(12-26(38)39)13-27(40)41/h4-5,7-11,17,21,24,36H,1-3,6,12-13H2,(H,34,42)(H,38,39)(H,40,41)(H,43,44)(H,45,46). The topological polar surface area (TPSA) is 228 Å². The second-order valence-corrected chi connectivity index (χ2v) is 11.5. The molecule has 1 amide bonds. The molecule has 248 valence electrons. The lowest BCUT2D eigenvalue weighted by molar-refractivity contribution is -0.149. The molecular weight excluding hydrogens is 663 g/mol. The number of rotatable bonds is 14. The summed E-state index contributed by atoms with van der Waals surface area (Å²) in [6.45, 7) is -1.51. The molecular formula is C31H28Cl2N2O12. The van der Waals surface area contributed by atoms with Crippen molar-refractivity contribution in [3.05, 3.63) is 86.3 Å². The normalized spacial score (nSPS) is 19.3. The van der Waals surface area contributed by atoms with Crippen molar-refractivity contribution < 1.29 is 59.0 Å². The van der Waals surface area contributed by atoms with Crippen LogP contribution in [0, 0.1) is 5.92 Å². The second kappa shape index (κ2) is 14.7. The fraction of sp³-hybridized carbons (Fsp3) is 0.290. The summed E-state index contributed by atoms with van der Waals surface area (Å²) in [5.41, 5.74) is 0.616. The van der Waals surface area contributed by atoms with Gasteiger partial charge in [-0.2, -0.15) is 0 Å². The summed E-state index contributed by atoms with van der Waals surface area (Å²) in [6, 6.07) is 2.53. The molecule has 3 atom stereocenters. The van der Waals surface area contributed by atoms with E-state index in [9.17, 15) is 44.1 Å². The molecule has 0 bridgehead atoms. The van der Waals surface area contributed by atoms with E-state index in [2.05, 4.69) is 5.32 Å². The van der Waals surface area contributed by atoms with E-state index in [-0.39, 0.29) is 64.1 Å². The molecule has 47 heavy (non-hydrogen) atoms. The van der Waals surface area contributed by atoms with Crippen LogP contribution in [0.1, 0.15) is 45.5 Å².